The van der Waals surface area contributed by atoms with E-state index in [1.807, 2.05) is 41.5 Å². The zero-order valence-electron chi connectivity index (χ0n) is 12.3. The first-order valence-electron chi connectivity index (χ1n) is 6.38. The molecule has 6 heteroatoms. The first kappa shape index (κ1) is 14.3. The predicted molar refractivity (Wildman–Crippen MR) is 73.2 cm³/mol. The Labute approximate surface area is 113 Å². The van der Waals surface area contributed by atoms with Gasteiger partial charge in [0.1, 0.15) is 5.73 Å². The Kier molecular flexibility index (Phi) is 3.35. The molecular weight excluding hydrogens is 246 g/mol. The third kappa shape index (κ3) is 2.47. The molecule has 1 aromatic rings. The van der Waals surface area contributed by atoms with Crippen molar-refractivity contribution in [2.45, 2.75) is 52.7 Å². The number of aromatic amines is 1. The van der Waals surface area contributed by atoms with Crippen LogP contribution < -0.4 is 0 Å². The zero-order chi connectivity index (χ0) is 14.4. The van der Waals surface area contributed by atoms with Crippen LogP contribution in [-0.2, 0) is 9.31 Å². The van der Waals surface area contributed by atoms with Gasteiger partial charge in [-0.25, -0.2) is 4.39 Å². The maximum absolute atomic E-state index is 14.3. The molecule has 0 atom stereocenters. The van der Waals surface area contributed by atoms with Gasteiger partial charge >= 0.3 is 7.12 Å². The minimum absolute atomic E-state index is 0.439. The zero-order valence-corrected chi connectivity index (χ0v) is 12.3. The number of H-pyrrole nitrogens is 1. The lowest BCUT2D eigenvalue weighted by atomic mass is 9.86. The molecule has 19 heavy (non-hydrogen) atoms. The molecule has 0 radical (unpaired) electrons. The Balaban J connectivity index is 2.25. The Morgan fingerprint density at radius 3 is 2.16 bits per heavy atom. The van der Waals surface area contributed by atoms with E-state index in [-0.39, 0.29) is 0 Å². The normalized spacial score (nSPS) is 22.1. The third-order valence-corrected chi connectivity index (χ3v) is 3.95. The van der Waals surface area contributed by atoms with Crippen molar-refractivity contribution < 1.29 is 13.7 Å². The van der Waals surface area contributed by atoms with E-state index in [1.165, 1.54) is 6.08 Å². The van der Waals surface area contributed by atoms with E-state index < -0.39 is 24.0 Å². The molecular formula is C13H20BFN2O2. The van der Waals surface area contributed by atoms with Crippen molar-refractivity contribution >= 4 is 13.2 Å². The summed E-state index contributed by atoms with van der Waals surface area (Å²) in [6, 6.07) is 0. The summed E-state index contributed by atoms with van der Waals surface area (Å²) in [5.41, 5.74) is 0.805. The second-order valence-electron chi connectivity index (χ2n) is 5.97. The van der Waals surface area contributed by atoms with E-state index in [0.717, 1.165) is 17.0 Å². The summed E-state index contributed by atoms with van der Waals surface area (Å²) in [5.74, 6) is 0. The molecule has 0 spiro atoms. The molecule has 0 aromatic carbocycles. The molecule has 1 saturated heterocycles. The highest BCUT2D eigenvalue weighted by Crippen LogP contribution is 2.39. The van der Waals surface area contributed by atoms with E-state index >= 15 is 0 Å². The van der Waals surface area contributed by atoms with Gasteiger partial charge in [0.15, 0.2) is 0 Å². The smallest absolute Gasteiger partial charge is 0.398 e. The van der Waals surface area contributed by atoms with Crippen molar-refractivity contribution in [1.29, 1.82) is 0 Å². The Morgan fingerprint density at radius 1 is 1.21 bits per heavy atom. The number of aromatic nitrogens is 2. The molecule has 1 aliphatic rings. The molecule has 0 saturated carbocycles. The first-order valence-corrected chi connectivity index (χ1v) is 6.38. The van der Waals surface area contributed by atoms with Crippen LogP contribution in [0.2, 0.25) is 0 Å². The van der Waals surface area contributed by atoms with Crippen LogP contribution in [0.5, 0.6) is 0 Å². The van der Waals surface area contributed by atoms with E-state index in [0.29, 0.717) is 0 Å². The van der Waals surface area contributed by atoms with Gasteiger partial charge < -0.3 is 9.31 Å². The summed E-state index contributed by atoms with van der Waals surface area (Å²) in [4.78, 5) is 0. The summed E-state index contributed by atoms with van der Waals surface area (Å²) in [5, 5.41) is 6.86. The quantitative estimate of drug-likeness (QED) is 0.837. The molecule has 0 bridgehead atoms. The second kappa shape index (κ2) is 4.46. The van der Waals surface area contributed by atoms with E-state index in [9.17, 15) is 4.39 Å². The standard InChI is InChI=1S/C13H20BFN2O2/c1-8-10(9(2)17-16-8)7-11(15)14-18-12(3,4)13(5,6)19-14/h7H,1-6H3,(H,16,17). The number of hydrogen-bond acceptors (Lipinski definition) is 3. The summed E-state index contributed by atoms with van der Waals surface area (Å²) < 4.78 is 25.6. The Bertz CT molecular complexity index is 487. The van der Waals surface area contributed by atoms with Crippen LogP contribution in [-0.4, -0.2) is 28.5 Å². The first-order chi connectivity index (χ1) is 8.64. The molecule has 1 N–H and O–H groups in total. The van der Waals surface area contributed by atoms with Crippen molar-refractivity contribution in [2.24, 2.45) is 0 Å². The van der Waals surface area contributed by atoms with Crippen LogP contribution in [0.15, 0.2) is 5.73 Å². The Hall–Kier alpha value is -1.14. The molecule has 0 amide bonds. The summed E-state index contributed by atoms with van der Waals surface area (Å²) in [6.07, 6.45) is 1.43. The van der Waals surface area contributed by atoms with Crippen LogP contribution in [0.1, 0.15) is 44.6 Å². The monoisotopic (exact) mass is 266 g/mol. The average molecular weight is 266 g/mol. The van der Waals surface area contributed by atoms with Gasteiger partial charge in [-0.2, -0.15) is 5.10 Å². The van der Waals surface area contributed by atoms with Crippen molar-refractivity contribution in [3.63, 3.8) is 0 Å². The molecule has 4 nitrogen and oxygen atoms in total. The maximum atomic E-state index is 14.3. The van der Waals surface area contributed by atoms with Gasteiger partial charge in [0.2, 0.25) is 0 Å². The molecule has 1 aliphatic heterocycles. The lowest BCUT2D eigenvalue weighted by molar-refractivity contribution is 0.00578. The minimum Gasteiger partial charge on any atom is -0.398 e. The summed E-state index contributed by atoms with van der Waals surface area (Å²) in [7, 11) is -0.960. The van der Waals surface area contributed by atoms with Crippen molar-refractivity contribution in [2.75, 3.05) is 0 Å². The number of hydrogen-bond donors (Lipinski definition) is 1. The maximum Gasteiger partial charge on any atom is 0.525 e. The third-order valence-electron chi connectivity index (χ3n) is 3.95. The highest BCUT2D eigenvalue weighted by molar-refractivity contribution is 6.54. The van der Waals surface area contributed by atoms with Crippen molar-refractivity contribution in [1.82, 2.24) is 10.2 Å². The highest BCUT2D eigenvalue weighted by Gasteiger charge is 2.53. The predicted octanol–water partition coefficient (Wildman–Crippen LogP) is 2.97. The van der Waals surface area contributed by atoms with Gasteiger partial charge in [0.25, 0.3) is 0 Å². The molecule has 104 valence electrons. The van der Waals surface area contributed by atoms with Gasteiger partial charge in [-0.3, -0.25) is 5.10 Å². The number of nitrogens with one attached hydrogen (secondary N) is 1. The molecule has 2 rings (SSSR count). The summed E-state index contributed by atoms with van der Waals surface area (Å²) in [6.45, 7) is 11.3. The van der Waals surface area contributed by atoms with Crippen LogP contribution in [0, 0.1) is 13.8 Å². The number of halogens is 1. The minimum atomic E-state index is -0.960. The number of aryl methyl sites for hydroxylation is 2. The van der Waals surface area contributed by atoms with Crippen molar-refractivity contribution in [3.8, 4) is 0 Å². The van der Waals surface area contributed by atoms with Crippen molar-refractivity contribution in [3.05, 3.63) is 22.7 Å². The largest absolute Gasteiger partial charge is 0.525 e. The van der Waals surface area contributed by atoms with Crippen LogP contribution in [0.3, 0.4) is 0 Å². The number of nitrogens with zero attached hydrogens (tertiary/aromatic N) is 1. The number of rotatable bonds is 2. The van der Waals surface area contributed by atoms with Gasteiger partial charge in [-0.05, 0) is 47.6 Å². The van der Waals surface area contributed by atoms with Gasteiger partial charge in [-0.1, -0.05) is 0 Å². The fourth-order valence-electron chi connectivity index (χ4n) is 1.93. The molecule has 1 fully saturated rings. The van der Waals surface area contributed by atoms with Crippen LogP contribution in [0.4, 0.5) is 4.39 Å². The summed E-state index contributed by atoms with van der Waals surface area (Å²) >= 11 is 0. The average Bonchev–Trinajstić information content (AvgIpc) is 2.69. The fourth-order valence-corrected chi connectivity index (χ4v) is 1.93. The van der Waals surface area contributed by atoms with Gasteiger partial charge in [-0.15, -0.1) is 0 Å². The molecule has 2 heterocycles. The molecule has 0 unspecified atom stereocenters. The second-order valence-corrected chi connectivity index (χ2v) is 5.97. The fraction of sp³-hybridized carbons (Fsp3) is 0.615. The molecule has 0 aliphatic carbocycles. The van der Waals surface area contributed by atoms with E-state index in [1.54, 1.807) is 0 Å². The SMILES string of the molecule is Cc1n[nH]c(C)c1C=C(F)B1OC(C)(C)C(C)(C)O1. The van der Waals surface area contributed by atoms with Gasteiger partial charge in [0, 0.05) is 11.3 Å². The molecule has 1 aromatic heterocycles. The van der Waals surface area contributed by atoms with E-state index in [4.69, 9.17) is 9.31 Å². The van der Waals surface area contributed by atoms with Gasteiger partial charge in [0.05, 0.1) is 16.9 Å². The lowest BCUT2D eigenvalue weighted by Gasteiger charge is -2.32. The van der Waals surface area contributed by atoms with Crippen LogP contribution >= 0.6 is 0 Å². The van der Waals surface area contributed by atoms with E-state index in [2.05, 4.69) is 10.2 Å². The van der Waals surface area contributed by atoms with Crippen LogP contribution in [0.25, 0.3) is 6.08 Å². The topological polar surface area (TPSA) is 47.1 Å². The Morgan fingerprint density at radius 2 is 1.74 bits per heavy atom. The lowest BCUT2D eigenvalue weighted by Crippen LogP contribution is -2.41. The highest BCUT2D eigenvalue weighted by atomic mass is 19.1.